The van der Waals surface area contributed by atoms with Gasteiger partial charge in [-0.2, -0.15) is 0 Å². The Balaban J connectivity index is 1.17. The van der Waals surface area contributed by atoms with Crippen molar-refractivity contribution in [2.45, 2.75) is 49.7 Å². The number of hydrogen-bond acceptors (Lipinski definition) is 9. The number of ketones is 2. The van der Waals surface area contributed by atoms with Gasteiger partial charge in [0.2, 0.25) is 11.8 Å². The van der Waals surface area contributed by atoms with Crippen molar-refractivity contribution in [3.63, 3.8) is 0 Å². The van der Waals surface area contributed by atoms with Crippen molar-refractivity contribution in [2.24, 2.45) is 0 Å². The van der Waals surface area contributed by atoms with E-state index in [1.54, 1.807) is 48.5 Å². The van der Waals surface area contributed by atoms with Crippen LogP contribution in [0.5, 0.6) is 11.8 Å². The van der Waals surface area contributed by atoms with Gasteiger partial charge in [0.25, 0.3) is 0 Å². The van der Waals surface area contributed by atoms with Gasteiger partial charge in [0.05, 0.1) is 36.4 Å². The molecule has 2 aromatic carbocycles. The van der Waals surface area contributed by atoms with E-state index in [4.69, 9.17) is 18.9 Å². The average Bonchev–Trinajstić information content (AvgIpc) is 4.02. The highest BCUT2D eigenvalue weighted by Gasteiger charge is 2.55. The van der Waals surface area contributed by atoms with Crippen molar-refractivity contribution in [2.75, 3.05) is 14.2 Å². The van der Waals surface area contributed by atoms with Gasteiger partial charge in [-0.1, -0.05) is 31.9 Å². The molecule has 6 rings (SSSR count). The molecule has 2 aliphatic rings. The summed E-state index contributed by atoms with van der Waals surface area (Å²) in [5, 5.41) is 0. The van der Waals surface area contributed by atoms with Crippen LogP contribution in [0.15, 0.2) is 78.6 Å². The van der Waals surface area contributed by atoms with E-state index >= 15 is 0 Å². The molecule has 9 nitrogen and oxygen atoms in total. The first-order valence-corrected chi connectivity index (χ1v) is 18.1. The first-order valence-electron chi connectivity index (χ1n) is 14.9. The molecular weight excluding hydrogens is 880 g/mol. The highest BCUT2D eigenvalue weighted by molar-refractivity contribution is 9.11. The van der Waals surface area contributed by atoms with E-state index in [0.29, 0.717) is 71.1 Å². The Morgan fingerprint density at radius 2 is 1.02 bits per heavy atom. The van der Waals surface area contributed by atoms with Crippen LogP contribution >= 0.6 is 63.7 Å². The fourth-order valence-corrected chi connectivity index (χ4v) is 7.79. The van der Waals surface area contributed by atoms with E-state index < -0.39 is 17.0 Å². The fourth-order valence-electron chi connectivity index (χ4n) is 5.78. The third-order valence-electron chi connectivity index (χ3n) is 8.65. The van der Waals surface area contributed by atoms with Gasteiger partial charge in [0, 0.05) is 52.3 Å². The quantitative estimate of drug-likeness (QED) is 0.101. The summed E-state index contributed by atoms with van der Waals surface area (Å²) in [6.07, 6.45) is 1.57. The van der Waals surface area contributed by atoms with Crippen LogP contribution in [0.2, 0.25) is 0 Å². The first-order chi connectivity index (χ1) is 23.0. The van der Waals surface area contributed by atoms with Crippen LogP contribution in [0.1, 0.15) is 68.9 Å². The number of rotatable bonds is 12. The predicted molar refractivity (Wildman–Crippen MR) is 191 cm³/mol. The van der Waals surface area contributed by atoms with Gasteiger partial charge in [-0.3, -0.25) is 9.59 Å². The molecule has 2 aliphatic carbocycles. The van der Waals surface area contributed by atoms with Crippen LogP contribution in [0.4, 0.5) is 4.79 Å². The zero-order chi connectivity index (χ0) is 34.2. The molecule has 0 radical (unpaired) electrons. The third kappa shape index (κ3) is 6.83. The summed E-state index contributed by atoms with van der Waals surface area (Å²) >= 11 is 14.0. The summed E-state index contributed by atoms with van der Waals surface area (Å²) in [6.45, 7) is -0.407. The molecule has 0 N–H and O–H groups in total. The molecule has 2 heterocycles. The van der Waals surface area contributed by atoms with E-state index in [9.17, 15) is 14.4 Å². The van der Waals surface area contributed by atoms with Gasteiger partial charge >= 0.3 is 6.16 Å². The number of benzene rings is 2. The molecule has 0 atom stereocenters. The summed E-state index contributed by atoms with van der Waals surface area (Å²) in [6, 6.07) is 17.6. The number of hydrogen-bond donors (Lipinski definition) is 0. The van der Waals surface area contributed by atoms with Gasteiger partial charge in [-0.15, -0.1) is 0 Å². The number of halogens is 4. The Hall–Kier alpha value is -3.13. The van der Waals surface area contributed by atoms with Crippen LogP contribution in [-0.4, -0.2) is 41.9 Å². The molecular formula is C35H28Br4N2O7. The fraction of sp³-hybridized carbons (Fsp3) is 0.286. The Labute approximate surface area is 310 Å². The summed E-state index contributed by atoms with van der Waals surface area (Å²) in [7, 11) is 3.06. The number of methoxy groups -OCH3 is 2. The molecule has 0 bridgehead atoms. The molecule has 13 heteroatoms. The van der Waals surface area contributed by atoms with Crippen molar-refractivity contribution in [3.8, 4) is 11.8 Å². The maximum absolute atomic E-state index is 14.0. The Bertz CT molecular complexity index is 1810. The van der Waals surface area contributed by atoms with E-state index in [-0.39, 0.29) is 24.8 Å². The highest BCUT2D eigenvalue weighted by atomic mass is 79.9. The SMILES string of the molecule is COc1ccc(Br)c(C2(C(=O)c3ccc(Br)cc3COC(=O)OCc3cc(Br)ccc3C(=O)C3(c4nc(OC)ccc4Br)CC3)CC2)n1. The van der Waals surface area contributed by atoms with E-state index in [1.807, 2.05) is 12.1 Å². The summed E-state index contributed by atoms with van der Waals surface area (Å²) in [4.78, 5) is 50.1. The number of carbonyl (C=O) groups is 3. The minimum absolute atomic E-state index is 0.119. The zero-order valence-corrected chi connectivity index (χ0v) is 32.1. The largest absolute Gasteiger partial charge is 0.508 e. The maximum atomic E-state index is 14.0. The lowest BCUT2D eigenvalue weighted by molar-refractivity contribution is 0.0439. The molecule has 0 spiro atoms. The number of Topliss-reactive ketones (excluding diaryl/α,β-unsaturated/α-hetero) is 2. The lowest BCUT2D eigenvalue weighted by Gasteiger charge is -2.19. The molecule has 2 saturated carbocycles. The normalized spacial score (nSPS) is 15.3. The second-order valence-electron chi connectivity index (χ2n) is 11.6. The smallest absolute Gasteiger partial charge is 0.481 e. The summed E-state index contributed by atoms with van der Waals surface area (Å²) < 4.78 is 24.5. The van der Waals surface area contributed by atoms with Crippen LogP contribution in [-0.2, 0) is 33.5 Å². The van der Waals surface area contributed by atoms with E-state index in [1.165, 1.54) is 14.2 Å². The van der Waals surface area contributed by atoms with Crippen LogP contribution in [0.3, 0.4) is 0 Å². The topological polar surface area (TPSA) is 114 Å². The molecule has 0 saturated heterocycles. The van der Waals surface area contributed by atoms with Crippen LogP contribution in [0, 0.1) is 0 Å². The maximum Gasteiger partial charge on any atom is 0.508 e. The molecule has 0 amide bonds. The predicted octanol–water partition coefficient (Wildman–Crippen LogP) is 9.23. The van der Waals surface area contributed by atoms with Crippen molar-refractivity contribution >= 4 is 81.4 Å². The standard InChI is InChI=1S/C35H28Br4N2O7/c1-45-27-9-7-25(38)29(40-27)34(11-12-34)31(42)23-5-3-21(36)15-19(23)17-47-33(44)48-18-20-16-22(37)4-6-24(20)32(43)35(13-14-35)30-26(39)8-10-28(41-30)46-2/h3-10,15-16H,11-14,17-18H2,1-2H3. The van der Waals surface area contributed by atoms with Crippen LogP contribution < -0.4 is 9.47 Å². The number of pyridine rings is 2. The second-order valence-corrected chi connectivity index (χ2v) is 15.2. The number of ether oxygens (including phenoxy) is 4. The van der Waals surface area contributed by atoms with Crippen molar-refractivity contribution in [1.82, 2.24) is 9.97 Å². The Kier molecular flexibility index (Phi) is 10.1. The third-order valence-corrected chi connectivity index (χ3v) is 10.9. The van der Waals surface area contributed by atoms with E-state index in [0.717, 1.165) is 17.9 Å². The lowest BCUT2D eigenvalue weighted by atomic mass is 9.88. The molecule has 48 heavy (non-hydrogen) atoms. The molecule has 0 unspecified atom stereocenters. The summed E-state index contributed by atoms with van der Waals surface area (Å²) in [5.41, 5.74) is 1.48. The number of carbonyl (C=O) groups excluding carboxylic acids is 3. The minimum atomic E-state index is -0.941. The van der Waals surface area contributed by atoms with Gasteiger partial charge in [0.15, 0.2) is 11.6 Å². The monoisotopic (exact) mass is 904 g/mol. The highest BCUT2D eigenvalue weighted by Crippen LogP contribution is 2.53. The van der Waals surface area contributed by atoms with E-state index in [2.05, 4.69) is 73.7 Å². The zero-order valence-electron chi connectivity index (χ0n) is 25.8. The molecule has 0 aliphatic heterocycles. The number of aromatic nitrogens is 2. The van der Waals surface area contributed by atoms with Gasteiger partial charge in [0.1, 0.15) is 13.2 Å². The van der Waals surface area contributed by atoms with Crippen molar-refractivity contribution in [3.05, 3.63) is 112 Å². The van der Waals surface area contributed by atoms with Crippen molar-refractivity contribution < 1.29 is 33.3 Å². The lowest BCUT2D eigenvalue weighted by Crippen LogP contribution is -2.25. The van der Waals surface area contributed by atoms with Gasteiger partial charge in [-0.05, 0) is 106 Å². The average molecular weight is 908 g/mol. The van der Waals surface area contributed by atoms with Crippen LogP contribution in [0.25, 0.3) is 0 Å². The molecule has 4 aromatic rings. The molecule has 2 aromatic heterocycles. The molecule has 2 fully saturated rings. The number of nitrogens with zero attached hydrogens (tertiary/aromatic N) is 2. The second kappa shape index (κ2) is 14.0. The van der Waals surface area contributed by atoms with Gasteiger partial charge in [-0.25, -0.2) is 14.8 Å². The first kappa shape index (κ1) is 34.7. The molecule has 248 valence electrons. The van der Waals surface area contributed by atoms with Crippen molar-refractivity contribution in [1.29, 1.82) is 0 Å². The summed E-state index contributed by atoms with van der Waals surface area (Å²) in [5.74, 6) is 0.599. The Morgan fingerprint density at radius 1 is 0.625 bits per heavy atom. The Morgan fingerprint density at radius 3 is 1.38 bits per heavy atom. The minimum Gasteiger partial charge on any atom is -0.481 e. The van der Waals surface area contributed by atoms with Gasteiger partial charge < -0.3 is 18.9 Å².